The van der Waals surface area contributed by atoms with Crippen molar-refractivity contribution in [2.24, 2.45) is 11.3 Å². The second kappa shape index (κ2) is 12.2. The van der Waals surface area contributed by atoms with E-state index >= 15 is 0 Å². The molecule has 0 amide bonds. The van der Waals surface area contributed by atoms with Gasteiger partial charge in [-0.15, -0.1) is 0 Å². The molecule has 2 aliphatic rings. The van der Waals surface area contributed by atoms with Crippen LogP contribution in [-0.4, -0.2) is 48.5 Å². The monoisotopic (exact) mass is 651 g/mol. The van der Waals surface area contributed by atoms with Gasteiger partial charge in [0.1, 0.15) is 0 Å². The highest BCUT2D eigenvalue weighted by Crippen LogP contribution is 2.43. The van der Waals surface area contributed by atoms with Crippen LogP contribution >= 0.6 is 15.9 Å². The number of likely N-dealkylation sites (tertiary alicyclic amines) is 1. The zero-order chi connectivity index (χ0) is 30.2. The molecular weight excluding hydrogens is 620 g/mol. The molecule has 2 fully saturated rings. The maximum absolute atomic E-state index is 13.5. The number of rotatable bonds is 7. The minimum absolute atomic E-state index is 0.0170. The Morgan fingerprint density at radius 2 is 1.71 bits per heavy atom. The molecular formula is C29H32BrF6NO4. The Morgan fingerprint density at radius 1 is 1.10 bits per heavy atom. The molecule has 2 aromatic carbocycles. The number of carboxylic acid groups (broad SMARTS) is 1. The van der Waals surface area contributed by atoms with E-state index < -0.39 is 47.3 Å². The van der Waals surface area contributed by atoms with Crippen LogP contribution < -0.4 is 0 Å². The number of carboxylic acids is 1. The normalized spacial score (nSPS) is 24.7. The average molecular weight is 652 g/mol. The molecule has 41 heavy (non-hydrogen) atoms. The molecule has 226 valence electrons. The fraction of sp³-hybridized carbons (Fsp3) is 0.552. The number of aliphatic carboxylic acids is 1. The smallest absolute Gasteiger partial charge is 0.416 e. The van der Waals surface area contributed by atoms with E-state index in [2.05, 4.69) is 20.8 Å². The molecule has 4 rings (SSSR count). The van der Waals surface area contributed by atoms with Crippen molar-refractivity contribution in [2.75, 3.05) is 26.2 Å². The summed E-state index contributed by atoms with van der Waals surface area (Å²) in [5, 5.41) is 9.58. The van der Waals surface area contributed by atoms with Crippen molar-refractivity contribution in [1.82, 2.24) is 4.90 Å². The molecule has 4 unspecified atom stereocenters. The first-order valence-corrected chi connectivity index (χ1v) is 14.1. The van der Waals surface area contributed by atoms with Gasteiger partial charge in [-0.05, 0) is 93.6 Å². The maximum Gasteiger partial charge on any atom is 0.416 e. The van der Waals surface area contributed by atoms with Gasteiger partial charge in [-0.25, -0.2) is 0 Å². The van der Waals surface area contributed by atoms with E-state index in [1.807, 2.05) is 24.3 Å². The highest BCUT2D eigenvalue weighted by atomic mass is 79.9. The predicted octanol–water partition coefficient (Wildman–Crippen LogP) is 7.90. The van der Waals surface area contributed by atoms with Crippen LogP contribution in [0.2, 0.25) is 0 Å². The summed E-state index contributed by atoms with van der Waals surface area (Å²) >= 11 is 3.47. The first kappa shape index (κ1) is 31.8. The molecule has 0 bridgehead atoms. The maximum atomic E-state index is 13.5. The summed E-state index contributed by atoms with van der Waals surface area (Å²) in [5.74, 6) is -1.21. The predicted molar refractivity (Wildman–Crippen MR) is 142 cm³/mol. The second-order valence-electron chi connectivity index (χ2n) is 11.2. The Labute approximate surface area is 242 Å². The molecule has 0 saturated carbocycles. The summed E-state index contributed by atoms with van der Waals surface area (Å²) in [7, 11) is 0. The summed E-state index contributed by atoms with van der Waals surface area (Å²) in [6.45, 7) is 5.26. The van der Waals surface area contributed by atoms with Gasteiger partial charge in [-0.1, -0.05) is 28.1 Å². The standard InChI is InChI=1S/C29H32BrF6NO4/c1-17(20-12-21(28(31,32)33)15-22(13-20)29(34,35)36)41-25-24(18-4-3-5-23(30)14-18)19(6-11-40-25)16-37-9-7-27(2,8-10-37)26(38)39/h3-5,12-15,17,19,24-25H,6-11,16H2,1-2H3,(H,38,39). The lowest BCUT2D eigenvalue weighted by Crippen LogP contribution is -2.47. The van der Waals surface area contributed by atoms with Crippen LogP contribution in [0.1, 0.15) is 67.4 Å². The fourth-order valence-corrected chi connectivity index (χ4v) is 6.00. The fourth-order valence-electron chi connectivity index (χ4n) is 5.58. The van der Waals surface area contributed by atoms with Crippen LogP contribution in [0.3, 0.4) is 0 Å². The zero-order valence-corrected chi connectivity index (χ0v) is 24.2. The first-order chi connectivity index (χ1) is 19.1. The van der Waals surface area contributed by atoms with E-state index in [-0.39, 0.29) is 23.5 Å². The first-order valence-electron chi connectivity index (χ1n) is 13.3. The largest absolute Gasteiger partial charge is 0.481 e. The number of carbonyl (C=O) groups is 1. The summed E-state index contributed by atoms with van der Waals surface area (Å²) < 4.78 is 93.7. The third-order valence-electron chi connectivity index (χ3n) is 8.19. The van der Waals surface area contributed by atoms with Crippen LogP contribution in [0.5, 0.6) is 0 Å². The molecule has 0 aromatic heterocycles. The third kappa shape index (κ3) is 7.63. The van der Waals surface area contributed by atoms with E-state index in [4.69, 9.17) is 9.47 Å². The number of piperidine rings is 1. The van der Waals surface area contributed by atoms with Gasteiger partial charge < -0.3 is 19.5 Å². The minimum atomic E-state index is -4.97. The molecule has 5 nitrogen and oxygen atoms in total. The number of ether oxygens (including phenoxy) is 2. The molecule has 2 aromatic rings. The van der Waals surface area contributed by atoms with E-state index in [0.29, 0.717) is 57.6 Å². The zero-order valence-electron chi connectivity index (χ0n) is 22.6. The molecule has 2 aliphatic heterocycles. The number of alkyl halides is 6. The Kier molecular flexibility index (Phi) is 9.47. The van der Waals surface area contributed by atoms with Gasteiger partial charge in [-0.2, -0.15) is 26.3 Å². The van der Waals surface area contributed by atoms with Gasteiger partial charge >= 0.3 is 18.3 Å². The molecule has 2 saturated heterocycles. The van der Waals surface area contributed by atoms with E-state index in [9.17, 15) is 36.2 Å². The van der Waals surface area contributed by atoms with E-state index in [0.717, 1.165) is 10.0 Å². The number of hydrogen-bond donors (Lipinski definition) is 1. The number of benzene rings is 2. The van der Waals surface area contributed by atoms with Crippen molar-refractivity contribution in [3.63, 3.8) is 0 Å². The number of nitrogens with zero attached hydrogens (tertiary/aromatic N) is 1. The summed E-state index contributed by atoms with van der Waals surface area (Å²) in [4.78, 5) is 13.9. The van der Waals surface area contributed by atoms with Crippen LogP contribution in [0.15, 0.2) is 46.9 Å². The highest BCUT2D eigenvalue weighted by Gasteiger charge is 2.42. The van der Waals surface area contributed by atoms with E-state index in [1.54, 1.807) is 6.92 Å². The van der Waals surface area contributed by atoms with Gasteiger partial charge in [-0.3, -0.25) is 4.79 Å². The SMILES string of the molecule is CC(OC1OCCC(CN2CCC(C)(C(=O)O)CC2)C1c1cccc(Br)c1)c1cc(C(F)(F)F)cc(C(F)(F)F)c1. The van der Waals surface area contributed by atoms with Crippen molar-refractivity contribution in [3.8, 4) is 0 Å². The van der Waals surface area contributed by atoms with Crippen molar-refractivity contribution in [1.29, 1.82) is 0 Å². The van der Waals surface area contributed by atoms with Gasteiger partial charge in [0.25, 0.3) is 0 Å². The van der Waals surface area contributed by atoms with Gasteiger partial charge in [0, 0.05) is 16.9 Å². The Hall–Kier alpha value is -2.15. The molecule has 0 radical (unpaired) electrons. The Bertz CT molecular complexity index is 1200. The summed E-state index contributed by atoms with van der Waals surface area (Å²) in [5.41, 5.74) is -2.98. The van der Waals surface area contributed by atoms with E-state index in [1.165, 1.54) is 6.92 Å². The minimum Gasteiger partial charge on any atom is -0.481 e. The van der Waals surface area contributed by atoms with Crippen LogP contribution in [-0.2, 0) is 26.6 Å². The Morgan fingerprint density at radius 3 is 2.24 bits per heavy atom. The molecule has 0 spiro atoms. The van der Waals surface area contributed by atoms with Crippen LogP contribution in [0, 0.1) is 11.3 Å². The van der Waals surface area contributed by atoms with Gasteiger partial charge in [0.05, 0.1) is 29.3 Å². The molecule has 0 aliphatic carbocycles. The van der Waals surface area contributed by atoms with Crippen molar-refractivity contribution in [3.05, 3.63) is 69.2 Å². The third-order valence-corrected chi connectivity index (χ3v) is 8.68. The Balaban J connectivity index is 1.60. The average Bonchev–Trinajstić information content (AvgIpc) is 2.89. The lowest BCUT2D eigenvalue weighted by Gasteiger charge is -2.43. The van der Waals surface area contributed by atoms with Gasteiger partial charge in [0.15, 0.2) is 6.29 Å². The lowest BCUT2D eigenvalue weighted by atomic mass is 9.78. The molecule has 2 heterocycles. The van der Waals surface area contributed by atoms with Gasteiger partial charge in [0.2, 0.25) is 0 Å². The quantitative estimate of drug-likeness (QED) is 0.309. The number of hydrogen-bond acceptors (Lipinski definition) is 4. The van der Waals surface area contributed by atoms with Crippen molar-refractivity contribution < 1.29 is 45.7 Å². The van der Waals surface area contributed by atoms with Crippen molar-refractivity contribution in [2.45, 2.75) is 63.8 Å². The second-order valence-corrected chi connectivity index (χ2v) is 12.1. The summed E-state index contributed by atoms with van der Waals surface area (Å²) in [6, 6.07) is 8.94. The van der Waals surface area contributed by atoms with Crippen LogP contribution in [0.25, 0.3) is 0 Å². The van der Waals surface area contributed by atoms with Crippen LogP contribution in [0.4, 0.5) is 26.3 Å². The number of halogens is 7. The highest BCUT2D eigenvalue weighted by molar-refractivity contribution is 9.10. The molecule has 4 atom stereocenters. The molecule has 1 N–H and O–H groups in total. The van der Waals surface area contributed by atoms with Crippen molar-refractivity contribution >= 4 is 21.9 Å². The topological polar surface area (TPSA) is 59.0 Å². The lowest BCUT2D eigenvalue weighted by molar-refractivity contribution is -0.210. The summed E-state index contributed by atoms with van der Waals surface area (Å²) in [6.07, 6.45) is -10.3. The molecule has 12 heteroatoms.